The third-order valence-corrected chi connectivity index (χ3v) is 5.56. The summed E-state index contributed by atoms with van der Waals surface area (Å²) in [4.78, 5) is 33.9. The predicted molar refractivity (Wildman–Crippen MR) is 107 cm³/mol. The number of anilines is 2. The number of imide groups is 1. The third-order valence-electron chi connectivity index (χ3n) is 5.56. The minimum absolute atomic E-state index is 0.274. The topological polar surface area (TPSA) is 63.0 Å². The van der Waals surface area contributed by atoms with Gasteiger partial charge in [-0.1, -0.05) is 37.3 Å². The van der Waals surface area contributed by atoms with Crippen molar-refractivity contribution < 1.29 is 18.8 Å². The summed E-state index contributed by atoms with van der Waals surface area (Å²) in [7, 11) is 0. The normalized spacial score (nSPS) is 23.7. The Bertz CT molecular complexity index is 1030. The highest BCUT2D eigenvalue weighted by atomic mass is 16.7. The molecule has 0 radical (unpaired) electrons. The van der Waals surface area contributed by atoms with E-state index < -0.39 is 18.1 Å². The fourth-order valence-corrected chi connectivity index (χ4v) is 4.10. The van der Waals surface area contributed by atoms with Crippen molar-refractivity contribution in [3.63, 3.8) is 0 Å². The second kappa shape index (κ2) is 6.90. The zero-order chi connectivity index (χ0) is 20.0. The van der Waals surface area contributed by atoms with Crippen molar-refractivity contribution in [1.29, 1.82) is 0 Å². The van der Waals surface area contributed by atoms with Gasteiger partial charge in [0.2, 0.25) is 5.91 Å². The van der Waals surface area contributed by atoms with Crippen LogP contribution in [0.4, 0.5) is 11.4 Å². The van der Waals surface area contributed by atoms with Crippen molar-refractivity contribution in [2.24, 2.45) is 5.92 Å². The highest BCUT2D eigenvalue weighted by Gasteiger charge is 2.61. The van der Waals surface area contributed by atoms with Crippen LogP contribution in [0.2, 0.25) is 0 Å². The highest BCUT2D eigenvalue weighted by Crippen LogP contribution is 2.47. The van der Waals surface area contributed by atoms with Gasteiger partial charge in [-0.2, -0.15) is 0 Å². The molecule has 3 heterocycles. The van der Waals surface area contributed by atoms with E-state index >= 15 is 0 Å². The summed E-state index contributed by atoms with van der Waals surface area (Å²) in [5.41, 5.74) is 2.48. The Morgan fingerprint density at radius 1 is 0.862 bits per heavy atom. The zero-order valence-corrected chi connectivity index (χ0v) is 15.9. The summed E-state index contributed by atoms with van der Waals surface area (Å²) in [6.45, 7) is 2.06. The molecule has 2 amide bonds. The summed E-state index contributed by atoms with van der Waals surface area (Å²) >= 11 is 0. The van der Waals surface area contributed by atoms with Crippen LogP contribution in [-0.4, -0.2) is 17.9 Å². The van der Waals surface area contributed by atoms with Crippen molar-refractivity contribution in [1.82, 2.24) is 0 Å². The number of para-hydroxylation sites is 1. The molecule has 29 heavy (non-hydrogen) atoms. The monoisotopic (exact) mass is 388 g/mol. The average molecular weight is 388 g/mol. The first kappa shape index (κ1) is 17.7. The number of hydrogen-bond donors (Lipinski definition) is 0. The van der Waals surface area contributed by atoms with Crippen LogP contribution < -0.4 is 9.96 Å². The van der Waals surface area contributed by atoms with Crippen molar-refractivity contribution in [2.45, 2.75) is 25.5 Å². The Hall–Kier alpha value is -3.38. The largest absolute Gasteiger partial charge is 0.467 e. The molecule has 2 aromatic carbocycles. The molecule has 3 aromatic rings. The molecule has 0 saturated carbocycles. The van der Waals surface area contributed by atoms with Crippen LogP contribution in [0.5, 0.6) is 0 Å². The molecule has 2 aliphatic heterocycles. The predicted octanol–water partition coefficient (Wildman–Crippen LogP) is 3.89. The van der Waals surface area contributed by atoms with Gasteiger partial charge in [0.15, 0.2) is 6.10 Å². The number of carbonyl (C=O) groups is 2. The molecule has 2 saturated heterocycles. The van der Waals surface area contributed by atoms with Gasteiger partial charge in [0.05, 0.1) is 17.6 Å². The van der Waals surface area contributed by atoms with E-state index in [4.69, 9.17) is 9.25 Å². The number of aryl methyl sites for hydroxylation is 1. The van der Waals surface area contributed by atoms with Crippen LogP contribution in [0.25, 0.3) is 0 Å². The van der Waals surface area contributed by atoms with Gasteiger partial charge in [0, 0.05) is 0 Å². The van der Waals surface area contributed by atoms with Gasteiger partial charge in [-0.3, -0.25) is 14.4 Å². The molecule has 6 nitrogen and oxygen atoms in total. The van der Waals surface area contributed by atoms with E-state index in [0.29, 0.717) is 11.4 Å². The number of hydroxylamine groups is 1. The van der Waals surface area contributed by atoms with Crippen LogP contribution in [-0.2, 0) is 20.8 Å². The minimum atomic E-state index is -0.886. The van der Waals surface area contributed by atoms with Crippen LogP contribution >= 0.6 is 0 Å². The summed E-state index contributed by atoms with van der Waals surface area (Å²) < 4.78 is 5.63. The number of fused-ring (bicyclic) bond motifs is 1. The molecular weight excluding hydrogens is 368 g/mol. The minimum Gasteiger partial charge on any atom is -0.467 e. The molecule has 3 atom stereocenters. The number of carbonyl (C=O) groups excluding carboxylic acids is 2. The molecule has 1 aromatic heterocycles. The first-order valence-corrected chi connectivity index (χ1v) is 9.70. The van der Waals surface area contributed by atoms with Gasteiger partial charge in [0.25, 0.3) is 5.91 Å². The second-order valence-corrected chi connectivity index (χ2v) is 7.21. The fraction of sp³-hybridized carbons (Fsp3) is 0.217. The molecule has 2 aliphatic rings. The molecule has 6 heteroatoms. The fourth-order valence-electron chi connectivity index (χ4n) is 4.10. The average Bonchev–Trinajstić information content (AvgIpc) is 3.47. The van der Waals surface area contributed by atoms with Gasteiger partial charge in [-0.15, -0.1) is 0 Å². The number of hydrogen-bond acceptors (Lipinski definition) is 5. The van der Waals surface area contributed by atoms with Crippen LogP contribution in [0.15, 0.2) is 77.4 Å². The Morgan fingerprint density at radius 2 is 1.62 bits per heavy atom. The number of nitrogens with zero attached hydrogens (tertiary/aromatic N) is 2. The molecular formula is C23H20N2O4. The molecule has 146 valence electrons. The van der Waals surface area contributed by atoms with Crippen molar-refractivity contribution >= 4 is 23.2 Å². The molecule has 5 rings (SSSR count). The summed E-state index contributed by atoms with van der Waals surface area (Å²) in [6, 6.07) is 20.0. The molecule has 0 unspecified atom stereocenters. The Labute approximate surface area is 168 Å². The molecule has 2 fully saturated rings. The van der Waals surface area contributed by atoms with E-state index in [-0.39, 0.29) is 11.8 Å². The molecule has 0 aliphatic carbocycles. The lowest BCUT2D eigenvalue weighted by Gasteiger charge is -2.27. The first-order chi connectivity index (χ1) is 14.2. The van der Waals surface area contributed by atoms with Gasteiger partial charge >= 0.3 is 0 Å². The summed E-state index contributed by atoms with van der Waals surface area (Å²) in [5.74, 6) is -0.714. The lowest BCUT2D eigenvalue weighted by Crippen LogP contribution is -2.37. The standard InChI is InChI=1S/C23H20N2O4/c1-2-15-10-12-16(13-11-15)24-22(26)19-20(18-9-6-14-28-18)25(29-21(19)23(24)27)17-7-4-3-5-8-17/h3-14,19-21H,2H2,1H3/t19-,20-,21+/m1/s1. The highest BCUT2D eigenvalue weighted by molar-refractivity contribution is 6.23. The van der Waals surface area contributed by atoms with E-state index in [1.807, 2.05) is 60.7 Å². The van der Waals surface area contributed by atoms with Gasteiger partial charge in [0.1, 0.15) is 17.7 Å². The second-order valence-electron chi connectivity index (χ2n) is 7.21. The van der Waals surface area contributed by atoms with Crippen LogP contribution in [0.3, 0.4) is 0 Å². The van der Waals surface area contributed by atoms with E-state index in [1.54, 1.807) is 17.4 Å². The Balaban J connectivity index is 1.54. The van der Waals surface area contributed by atoms with E-state index in [1.165, 1.54) is 4.90 Å². The van der Waals surface area contributed by atoms with Crippen LogP contribution in [0, 0.1) is 5.92 Å². The van der Waals surface area contributed by atoms with Gasteiger partial charge < -0.3 is 4.42 Å². The summed E-state index contributed by atoms with van der Waals surface area (Å²) in [5, 5.41) is 1.63. The lowest BCUT2D eigenvalue weighted by molar-refractivity contribution is -0.126. The quantitative estimate of drug-likeness (QED) is 0.635. The van der Waals surface area contributed by atoms with E-state index in [9.17, 15) is 9.59 Å². The molecule has 0 bridgehead atoms. The summed E-state index contributed by atoms with van der Waals surface area (Å²) in [6.07, 6.45) is 1.57. The van der Waals surface area contributed by atoms with Crippen molar-refractivity contribution in [3.05, 3.63) is 84.3 Å². The third kappa shape index (κ3) is 2.76. The van der Waals surface area contributed by atoms with Gasteiger partial charge in [-0.05, 0) is 48.4 Å². The maximum atomic E-state index is 13.4. The van der Waals surface area contributed by atoms with Gasteiger partial charge in [-0.25, -0.2) is 9.96 Å². The Kier molecular flexibility index (Phi) is 4.21. The number of rotatable bonds is 4. The number of furan rings is 1. The maximum Gasteiger partial charge on any atom is 0.266 e. The van der Waals surface area contributed by atoms with Crippen molar-refractivity contribution in [2.75, 3.05) is 9.96 Å². The lowest BCUT2D eigenvalue weighted by atomic mass is 9.94. The van der Waals surface area contributed by atoms with E-state index in [2.05, 4.69) is 6.92 Å². The van der Waals surface area contributed by atoms with Crippen molar-refractivity contribution in [3.8, 4) is 0 Å². The SMILES string of the molecule is CCc1ccc(N2C(=O)[C@H]3[C@H](ON(c4ccccc4)[C@@H]3c3ccco3)C2=O)cc1. The first-order valence-electron chi connectivity index (χ1n) is 9.70. The maximum absolute atomic E-state index is 13.4. The number of benzene rings is 2. The molecule has 0 N–H and O–H groups in total. The number of amides is 2. The molecule has 0 spiro atoms. The zero-order valence-electron chi connectivity index (χ0n) is 15.9. The smallest absolute Gasteiger partial charge is 0.266 e. The Morgan fingerprint density at radius 3 is 2.28 bits per heavy atom. The van der Waals surface area contributed by atoms with Crippen LogP contribution in [0.1, 0.15) is 24.3 Å². The van der Waals surface area contributed by atoms with E-state index in [0.717, 1.165) is 17.7 Å².